The van der Waals surface area contributed by atoms with Gasteiger partial charge >= 0.3 is 0 Å². The van der Waals surface area contributed by atoms with E-state index < -0.39 is 11.8 Å². The number of halogens is 2. The van der Waals surface area contributed by atoms with E-state index in [9.17, 15) is 18.4 Å². The van der Waals surface area contributed by atoms with E-state index >= 15 is 0 Å². The zero-order chi connectivity index (χ0) is 21.0. The van der Waals surface area contributed by atoms with Crippen molar-refractivity contribution in [3.63, 3.8) is 0 Å². The van der Waals surface area contributed by atoms with Gasteiger partial charge in [0.2, 0.25) is 11.8 Å². The van der Waals surface area contributed by atoms with E-state index in [-0.39, 0.29) is 17.7 Å². The Balaban J connectivity index is 1.77. The molecule has 2 aromatic rings. The van der Waals surface area contributed by atoms with E-state index in [1.54, 1.807) is 29.2 Å². The van der Waals surface area contributed by atoms with Gasteiger partial charge in [-0.15, -0.1) is 0 Å². The molecule has 2 amide bonds. The zero-order valence-corrected chi connectivity index (χ0v) is 17.2. The van der Waals surface area contributed by atoms with E-state index in [0.29, 0.717) is 41.7 Å². The predicted octanol–water partition coefficient (Wildman–Crippen LogP) is 4.94. The van der Waals surface area contributed by atoms with Gasteiger partial charge in [0.05, 0.1) is 0 Å². The first-order chi connectivity index (χ1) is 13.8. The predicted molar refractivity (Wildman–Crippen MR) is 111 cm³/mol. The number of nitrogens with zero attached hydrogens (tertiary/aromatic N) is 1. The number of amides is 2. The second-order valence-electron chi connectivity index (χ2n) is 7.50. The van der Waals surface area contributed by atoms with Crippen molar-refractivity contribution >= 4 is 29.3 Å². The second-order valence-corrected chi connectivity index (χ2v) is 8.56. The molecule has 0 spiro atoms. The summed E-state index contributed by atoms with van der Waals surface area (Å²) in [6.45, 7) is 4.36. The molecule has 0 aliphatic carbocycles. The average Bonchev–Trinajstić information content (AvgIpc) is 2.67. The van der Waals surface area contributed by atoms with Crippen molar-refractivity contribution in [2.75, 3.05) is 5.32 Å². The number of anilines is 1. The molecule has 0 saturated heterocycles. The summed E-state index contributed by atoms with van der Waals surface area (Å²) >= 11 is 0.457. The molecule has 0 radical (unpaired) electrons. The SMILES string of the molecule is CC(C)CC(=O)N1Cc2ccccc2CC1C(=O)Nc1ccc(SC(F)F)cc1. The number of fused-ring (bicyclic) bond motifs is 1. The number of carbonyl (C=O) groups excluding carboxylic acids is 2. The molecule has 0 fully saturated rings. The Hall–Kier alpha value is -2.41. The van der Waals surface area contributed by atoms with Gasteiger partial charge in [-0.3, -0.25) is 9.59 Å². The molecule has 1 heterocycles. The summed E-state index contributed by atoms with van der Waals surface area (Å²) in [7, 11) is 0. The second kappa shape index (κ2) is 9.39. The van der Waals surface area contributed by atoms with Crippen LogP contribution >= 0.6 is 11.8 Å². The lowest BCUT2D eigenvalue weighted by Gasteiger charge is -2.36. The van der Waals surface area contributed by atoms with E-state index in [1.807, 2.05) is 38.1 Å². The number of thioether (sulfide) groups is 1. The maximum atomic E-state index is 13.0. The third-order valence-corrected chi connectivity index (χ3v) is 5.52. The summed E-state index contributed by atoms with van der Waals surface area (Å²) in [5, 5.41) is 2.83. The minimum Gasteiger partial charge on any atom is -0.326 e. The highest BCUT2D eigenvalue weighted by molar-refractivity contribution is 7.99. The molecule has 0 aromatic heterocycles. The smallest absolute Gasteiger partial charge is 0.288 e. The van der Waals surface area contributed by atoms with E-state index in [1.165, 1.54) is 0 Å². The largest absolute Gasteiger partial charge is 0.326 e. The van der Waals surface area contributed by atoms with Gasteiger partial charge in [-0.2, -0.15) is 8.78 Å². The fourth-order valence-electron chi connectivity index (χ4n) is 3.43. The summed E-state index contributed by atoms with van der Waals surface area (Å²) in [6.07, 6.45) is 0.830. The fourth-order valence-corrected chi connectivity index (χ4v) is 3.93. The Morgan fingerprint density at radius 1 is 1.10 bits per heavy atom. The third kappa shape index (κ3) is 5.56. The van der Waals surface area contributed by atoms with Gasteiger partial charge in [0.1, 0.15) is 6.04 Å². The Morgan fingerprint density at radius 2 is 1.76 bits per heavy atom. The number of hydrogen-bond acceptors (Lipinski definition) is 3. The highest BCUT2D eigenvalue weighted by Gasteiger charge is 2.34. The van der Waals surface area contributed by atoms with Crippen LogP contribution in [0, 0.1) is 5.92 Å². The first kappa shape index (κ1) is 21.3. The molecule has 1 atom stereocenters. The van der Waals surface area contributed by atoms with Crippen LogP contribution in [0.3, 0.4) is 0 Å². The molecule has 1 N–H and O–H groups in total. The standard InChI is InChI=1S/C22H24F2N2O2S/c1-14(2)11-20(27)26-13-16-6-4-3-5-15(16)12-19(26)21(28)25-17-7-9-18(10-8-17)29-22(23)24/h3-10,14,19,22H,11-13H2,1-2H3,(H,25,28). The molecule has 1 unspecified atom stereocenters. The quantitative estimate of drug-likeness (QED) is 0.676. The Bertz CT molecular complexity index is 871. The molecule has 2 aromatic carbocycles. The van der Waals surface area contributed by atoms with Gasteiger partial charge in [0, 0.05) is 30.0 Å². The van der Waals surface area contributed by atoms with Crippen molar-refractivity contribution in [3.05, 3.63) is 59.7 Å². The summed E-state index contributed by atoms with van der Waals surface area (Å²) in [5.74, 6) is -2.61. The van der Waals surface area contributed by atoms with E-state index in [0.717, 1.165) is 11.1 Å². The third-order valence-electron chi connectivity index (χ3n) is 4.80. The zero-order valence-electron chi connectivity index (χ0n) is 16.4. The lowest BCUT2D eigenvalue weighted by atomic mass is 9.92. The monoisotopic (exact) mass is 418 g/mol. The fraction of sp³-hybridized carbons (Fsp3) is 0.364. The van der Waals surface area contributed by atoms with Gasteiger partial charge in [-0.1, -0.05) is 49.9 Å². The van der Waals surface area contributed by atoms with Crippen LogP contribution in [0.15, 0.2) is 53.4 Å². The number of rotatable bonds is 6. The van der Waals surface area contributed by atoms with Crippen LogP contribution in [0.25, 0.3) is 0 Å². The number of nitrogens with one attached hydrogen (secondary N) is 1. The highest BCUT2D eigenvalue weighted by Crippen LogP contribution is 2.28. The van der Waals surface area contributed by atoms with Gasteiger partial charge in [0.15, 0.2) is 0 Å². The first-order valence-electron chi connectivity index (χ1n) is 9.55. The van der Waals surface area contributed by atoms with Crippen LogP contribution in [0.4, 0.5) is 14.5 Å². The number of alkyl halides is 2. The van der Waals surface area contributed by atoms with Crippen molar-refractivity contribution in [3.8, 4) is 0 Å². The van der Waals surface area contributed by atoms with Crippen LogP contribution in [0.5, 0.6) is 0 Å². The van der Waals surface area contributed by atoms with Gasteiger partial charge in [-0.05, 0) is 41.3 Å². The van der Waals surface area contributed by atoms with Gasteiger partial charge < -0.3 is 10.2 Å². The average molecular weight is 419 g/mol. The highest BCUT2D eigenvalue weighted by atomic mass is 32.2. The summed E-state index contributed by atoms with van der Waals surface area (Å²) in [6, 6.07) is 13.5. The molecule has 1 aliphatic heterocycles. The summed E-state index contributed by atoms with van der Waals surface area (Å²) in [5.41, 5.74) is 2.63. The van der Waals surface area contributed by atoms with Crippen LogP contribution in [0.2, 0.25) is 0 Å². The lowest BCUT2D eigenvalue weighted by molar-refractivity contribution is -0.140. The van der Waals surface area contributed by atoms with E-state index in [4.69, 9.17) is 0 Å². The van der Waals surface area contributed by atoms with Crippen LogP contribution in [-0.4, -0.2) is 28.5 Å². The Labute approximate surface area is 173 Å². The van der Waals surface area contributed by atoms with Crippen molar-refractivity contribution in [1.82, 2.24) is 4.90 Å². The molecular weight excluding hydrogens is 394 g/mol. The van der Waals surface area contributed by atoms with Crippen LogP contribution < -0.4 is 5.32 Å². The minimum atomic E-state index is -2.49. The molecule has 3 rings (SSSR count). The maximum Gasteiger partial charge on any atom is 0.288 e. The summed E-state index contributed by atoms with van der Waals surface area (Å²) < 4.78 is 24.9. The van der Waals surface area contributed by atoms with Crippen LogP contribution in [-0.2, 0) is 22.6 Å². The normalized spacial score (nSPS) is 16.1. The first-order valence-corrected chi connectivity index (χ1v) is 10.4. The molecular formula is C22H24F2N2O2S. The van der Waals surface area contributed by atoms with Gasteiger partial charge in [0.25, 0.3) is 5.76 Å². The maximum absolute atomic E-state index is 13.0. The molecule has 0 bridgehead atoms. The van der Waals surface area contributed by atoms with Crippen molar-refractivity contribution in [2.45, 2.75) is 49.9 Å². The molecule has 7 heteroatoms. The number of hydrogen-bond donors (Lipinski definition) is 1. The lowest BCUT2D eigenvalue weighted by Crippen LogP contribution is -2.50. The van der Waals surface area contributed by atoms with Crippen molar-refractivity contribution < 1.29 is 18.4 Å². The Kier molecular flexibility index (Phi) is 6.90. The minimum absolute atomic E-state index is 0.0432. The number of benzene rings is 2. The van der Waals surface area contributed by atoms with Gasteiger partial charge in [-0.25, -0.2) is 0 Å². The topological polar surface area (TPSA) is 49.4 Å². The van der Waals surface area contributed by atoms with Crippen molar-refractivity contribution in [1.29, 1.82) is 0 Å². The van der Waals surface area contributed by atoms with Crippen molar-refractivity contribution in [2.24, 2.45) is 5.92 Å². The molecule has 4 nitrogen and oxygen atoms in total. The molecule has 154 valence electrons. The number of carbonyl (C=O) groups is 2. The summed E-state index contributed by atoms with van der Waals surface area (Å²) in [4.78, 5) is 27.9. The molecule has 29 heavy (non-hydrogen) atoms. The molecule has 1 aliphatic rings. The Morgan fingerprint density at radius 3 is 2.38 bits per heavy atom. The van der Waals surface area contributed by atoms with E-state index in [2.05, 4.69) is 5.32 Å². The molecule has 0 saturated carbocycles. The van der Waals surface area contributed by atoms with Crippen LogP contribution in [0.1, 0.15) is 31.4 Å².